The highest BCUT2D eigenvalue weighted by Gasteiger charge is 2.07. The van der Waals surface area contributed by atoms with Gasteiger partial charge in [-0.25, -0.2) is 14.8 Å². The molecular weight excluding hydrogens is 314 g/mol. The van der Waals surface area contributed by atoms with Gasteiger partial charge in [0.25, 0.3) is 0 Å². The molecular formula is C14H17N7OS. The Morgan fingerprint density at radius 3 is 2.87 bits per heavy atom. The van der Waals surface area contributed by atoms with E-state index in [4.69, 9.17) is 11.5 Å². The normalized spacial score (nSPS) is 11.0. The van der Waals surface area contributed by atoms with E-state index in [-0.39, 0.29) is 12.5 Å². The van der Waals surface area contributed by atoms with Crippen molar-refractivity contribution in [3.05, 3.63) is 41.9 Å². The van der Waals surface area contributed by atoms with Crippen molar-refractivity contribution in [2.45, 2.75) is 6.54 Å². The zero-order chi connectivity index (χ0) is 16.7. The number of primary amides is 1. The van der Waals surface area contributed by atoms with Gasteiger partial charge in [0.1, 0.15) is 5.69 Å². The fourth-order valence-corrected chi connectivity index (χ4v) is 2.34. The Labute approximate surface area is 137 Å². The number of aliphatic imine (C=N–C) groups is 1. The van der Waals surface area contributed by atoms with Gasteiger partial charge in [0.05, 0.1) is 17.9 Å². The molecule has 0 aliphatic heterocycles. The van der Waals surface area contributed by atoms with Crippen LogP contribution in [0.25, 0.3) is 11.4 Å². The second-order valence-electron chi connectivity index (χ2n) is 4.41. The predicted octanol–water partition coefficient (Wildman–Crippen LogP) is 1.10. The average Bonchev–Trinajstić information content (AvgIpc) is 2.99. The molecule has 0 spiro atoms. The summed E-state index contributed by atoms with van der Waals surface area (Å²) in [7, 11) is 0. The Bertz CT molecular complexity index is 725. The zero-order valence-corrected chi connectivity index (χ0v) is 13.1. The van der Waals surface area contributed by atoms with E-state index in [1.165, 1.54) is 11.3 Å². The van der Waals surface area contributed by atoms with Gasteiger partial charge in [0.2, 0.25) is 5.13 Å². The van der Waals surface area contributed by atoms with E-state index in [1.54, 1.807) is 12.1 Å². The third-order valence-electron chi connectivity index (χ3n) is 2.65. The average molecular weight is 331 g/mol. The van der Waals surface area contributed by atoms with Crippen LogP contribution in [0.15, 0.2) is 41.2 Å². The summed E-state index contributed by atoms with van der Waals surface area (Å²) in [6, 6.07) is 4.87. The van der Waals surface area contributed by atoms with Crippen LogP contribution < -0.4 is 22.1 Å². The van der Waals surface area contributed by atoms with Gasteiger partial charge < -0.3 is 22.1 Å². The maximum Gasteiger partial charge on any atom is 0.312 e. The van der Waals surface area contributed by atoms with E-state index in [0.717, 1.165) is 0 Å². The molecule has 0 unspecified atom stereocenters. The molecule has 0 aliphatic rings. The van der Waals surface area contributed by atoms with Crippen LogP contribution in [0, 0.1) is 0 Å². The molecule has 2 aromatic rings. The summed E-state index contributed by atoms with van der Waals surface area (Å²) in [6.45, 7) is 4.38. The molecule has 2 aromatic heterocycles. The molecule has 0 saturated heterocycles. The SMILES string of the molecule is C=CCNC(N)=Nc1nc(-c2cccc(CNC(N)=O)n2)cs1. The van der Waals surface area contributed by atoms with Gasteiger partial charge in [-0.3, -0.25) is 0 Å². The largest absolute Gasteiger partial charge is 0.370 e. The lowest BCUT2D eigenvalue weighted by Crippen LogP contribution is -2.31. The number of carbonyl (C=O) groups excluding carboxylic acids is 1. The molecule has 120 valence electrons. The number of nitrogens with two attached hydrogens (primary N) is 2. The van der Waals surface area contributed by atoms with Crippen LogP contribution in [0.5, 0.6) is 0 Å². The molecule has 0 saturated carbocycles. The first kappa shape index (κ1) is 16.4. The predicted molar refractivity (Wildman–Crippen MR) is 91.3 cm³/mol. The number of carbonyl (C=O) groups is 1. The molecule has 0 bridgehead atoms. The molecule has 2 amide bonds. The monoisotopic (exact) mass is 331 g/mol. The number of hydrogen-bond donors (Lipinski definition) is 4. The summed E-state index contributed by atoms with van der Waals surface area (Å²) in [5.41, 5.74) is 12.8. The van der Waals surface area contributed by atoms with Crippen molar-refractivity contribution < 1.29 is 4.79 Å². The lowest BCUT2D eigenvalue weighted by Gasteiger charge is -2.03. The Balaban J connectivity index is 2.12. The summed E-state index contributed by atoms with van der Waals surface area (Å²) in [6.07, 6.45) is 1.69. The van der Waals surface area contributed by atoms with Crippen LogP contribution in [0.1, 0.15) is 5.69 Å². The minimum atomic E-state index is -0.593. The highest BCUT2D eigenvalue weighted by Crippen LogP contribution is 2.25. The third kappa shape index (κ3) is 5.08. The maximum absolute atomic E-state index is 10.7. The molecule has 8 nitrogen and oxygen atoms in total. The van der Waals surface area contributed by atoms with Crippen LogP contribution >= 0.6 is 11.3 Å². The van der Waals surface area contributed by atoms with Crippen LogP contribution in [0.4, 0.5) is 9.93 Å². The smallest absolute Gasteiger partial charge is 0.312 e. The minimum Gasteiger partial charge on any atom is -0.370 e. The van der Waals surface area contributed by atoms with Crippen LogP contribution in [0.2, 0.25) is 0 Å². The maximum atomic E-state index is 10.7. The number of nitrogens with one attached hydrogen (secondary N) is 2. The second kappa shape index (κ2) is 7.90. The Morgan fingerprint density at radius 2 is 2.13 bits per heavy atom. The molecule has 0 fully saturated rings. The summed E-state index contributed by atoms with van der Waals surface area (Å²) in [5, 5.41) is 7.74. The van der Waals surface area contributed by atoms with Crippen molar-refractivity contribution in [2.24, 2.45) is 16.5 Å². The number of urea groups is 1. The van der Waals surface area contributed by atoms with Crippen molar-refractivity contribution in [3.63, 3.8) is 0 Å². The number of hydrogen-bond acceptors (Lipinski definition) is 5. The van der Waals surface area contributed by atoms with Crippen LogP contribution in [-0.2, 0) is 6.54 Å². The van der Waals surface area contributed by atoms with E-state index in [1.807, 2.05) is 17.5 Å². The summed E-state index contributed by atoms with van der Waals surface area (Å²) in [5.74, 6) is 0.276. The Morgan fingerprint density at radius 1 is 1.30 bits per heavy atom. The molecule has 0 radical (unpaired) electrons. The van der Waals surface area contributed by atoms with Gasteiger partial charge >= 0.3 is 6.03 Å². The standard InChI is InChI=1S/C14H17N7OS/c1-2-6-17-12(15)21-14-20-11(8-23-14)10-5-3-4-9(19-10)7-18-13(16)22/h2-5,8H,1,6-7H2,(H3,16,18,22)(H3,15,17,20,21). The lowest BCUT2D eigenvalue weighted by atomic mass is 10.2. The van der Waals surface area contributed by atoms with E-state index in [9.17, 15) is 4.79 Å². The number of guanidine groups is 1. The van der Waals surface area contributed by atoms with Crippen LogP contribution in [0.3, 0.4) is 0 Å². The van der Waals surface area contributed by atoms with Gasteiger partial charge in [-0.2, -0.15) is 4.99 Å². The van der Waals surface area contributed by atoms with Gasteiger partial charge in [-0.1, -0.05) is 12.1 Å². The fraction of sp³-hybridized carbons (Fsp3) is 0.143. The molecule has 6 N–H and O–H groups in total. The first-order valence-corrected chi connectivity index (χ1v) is 7.60. The molecule has 0 aromatic carbocycles. The highest BCUT2D eigenvalue weighted by atomic mass is 32.1. The summed E-state index contributed by atoms with van der Waals surface area (Å²) < 4.78 is 0. The summed E-state index contributed by atoms with van der Waals surface area (Å²) in [4.78, 5) is 23.7. The van der Waals surface area contributed by atoms with E-state index in [2.05, 4.69) is 32.2 Å². The van der Waals surface area contributed by atoms with Gasteiger partial charge in [0.15, 0.2) is 5.96 Å². The van der Waals surface area contributed by atoms with Crippen molar-refractivity contribution in [3.8, 4) is 11.4 Å². The molecule has 0 aliphatic carbocycles. The minimum absolute atomic E-state index is 0.261. The lowest BCUT2D eigenvalue weighted by molar-refractivity contribution is 0.248. The molecule has 9 heteroatoms. The molecule has 23 heavy (non-hydrogen) atoms. The number of pyridine rings is 1. The Kier molecular flexibility index (Phi) is 5.64. The first-order valence-electron chi connectivity index (χ1n) is 6.72. The van der Waals surface area contributed by atoms with Crippen molar-refractivity contribution in [1.82, 2.24) is 20.6 Å². The van der Waals surface area contributed by atoms with Crippen LogP contribution in [-0.4, -0.2) is 28.5 Å². The number of thiazole rings is 1. The highest BCUT2D eigenvalue weighted by molar-refractivity contribution is 7.13. The van der Waals surface area contributed by atoms with Gasteiger partial charge in [-0.15, -0.1) is 17.9 Å². The quantitative estimate of drug-likeness (QED) is 0.357. The van der Waals surface area contributed by atoms with E-state index >= 15 is 0 Å². The first-order chi connectivity index (χ1) is 11.1. The Hall–Kier alpha value is -2.94. The molecule has 2 rings (SSSR count). The summed E-state index contributed by atoms with van der Waals surface area (Å²) >= 11 is 1.36. The number of rotatable bonds is 6. The number of nitrogens with zero attached hydrogens (tertiary/aromatic N) is 3. The second-order valence-corrected chi connectivity index (χ2v) is 5.25. The van der Waals surface area contributed by atoms with Crippen molar-refractivity contribution in [1.29, 1.82) is 0 Å². The van der Waals surface area contributed by atoms with Gasteiger partial charge in [-0.05, 0) is 12.1 Å². The number of aromatic nitrogens is 2. The number of amides is 2. The van der Waals surface area contributed by atoms with Crippen molar-refractivity contribution >= 4 is 28.5 Å². The van der Waals surface area contributed by atoms with Gasteiger partial charge in [0, 0.05) is 11.9 Å². The fourth-order valence-electron chi connectivity index (χ4n) is 1.65. The topological polar surface area (TPSA) is 131 Å². The van der Waals surface area contributed by atoms with E-state index < -0.39 is 6.03 Å². The third-order valence-corrected chi connectivity index (χ3v) is 3.38. The zero-order valence-electron chi connectivity index (χ0n) is 12.3. The van der Waals surface area contributed by atoms with Crippen molar-refractivity contribution in [2.75, 3.05) is 6.54 Å². The molecule has 2 heterocycles. The van der Waals surface area contributed by atoms with E-state index in [0.29, 0.717) is 28.8 Å². The molecule has 0 atom stereocenters.